The van der Waals surface area contributed by atoms with Crippen LogP contribution in [0.25, 0.3) is 0 Å². The zero-order valence-corrected chi connectivity index (χ0v) is 12.1. The first-order valence-electron chi connectivity index (χ1n) is 6.79. The van der Waals surface area contributed by atoms with E-state index in [4.69, 9.17) is 9.84 Å². The van der Waals surface area contributed by atoms with Crippen LogP contribution in [-0.4, -0.2) is 52.3 Å². The molecule has 6 heteroatoms. The number of carbonyl (C=O) groups is 2. The number of nitrogens with zero attached hydrogens (tertiary/aromatic N) is 1. The van der Waals surface area contributed by atoms with E-state index in [-0.39, 0.29) is 19.6 Å². The van der Waals surface area contributed by atoms with E-state index in [9.17, 15) is 14.7 Å². The molecule has 0 bridgehead atoms. The minimum atomic E-state index is -1.10. The first-order valence-corrected chi connectivity index (χ1v) is 6.79. The summed E-state index contributed by atoms with van der Waals surface area (Å²) in [4.78, 5) is 24.4. The fourth-order valence-corrected chi connectivity index (χ4v) is 2.57. The largest absolute Gasteiger partial charge is 0.483 e. The van der Waals surface area contributed by atoms with Crippen LogP contribution in [0, 0.1) is 13.8 Å². The zero-order valence-electron chi connectivity index (χ0n) is 12.1. The number of para-hydroxylation sites is 1. The number of aliphatic carboxylic acids is 1. The summed E-state index contributed by atoms with van der Waals surface area (Å²) in [6.07, 6.45) is -0.736. The molecule has 2 N–H and O–H groups in total. The summed E-state index contributed by atoms with van der Waals surface area (Å²) in [5.41, 5.74) is 1.83. The molecule has 1 fully saturated rings. The molecule has 2 rings (SSSR count). The highest BCUT2D eigenvalue weighted by molar-refractivity contribution is 5.85. The Kier molecular flexibility index (Phi) is 4.47. The van der Waals surface area contributed by atoms with E-state index in [1.807, 2.05) is 32.0 Å². The molecular formula is C15H19NO5. The number of carbonyl (C=O) groups excluding carboxylic acids is 1. The average Bonchev–Trinajstić information content (AvgIpc) is 2.80. The number of ether oxygens (including phenoxy) is 1. The minimum absolute atomic E-state index is 0.0336. The van der Waals surface area contributed by atoms with Gasteiger partial charge in [0.1, 0.15) is 11.8 Å². The molecule has 2 atom stereocenters. The summed E-state index contributed by atoms with van der Waals surface area (Å²) in [7, 11) is 0. The first kappa shape index (κ1) is 15.3. The van der Waals surface area contributed by atoms with Gasteiger partial charge in [0.2, 0.25) is 0 Å². The van der Waals surface area contributed by atoms with Gasteiger partial charge in [-0.25, -0.2) is 4.79 Å². The third kappa shape index (κ3) is 3.33. The van der Waals surface area contributed by atoms with Crippen LogP contribution in [0.4, 0.5) is 0 Å². The molecule has 0 radical (unpaired) electrons. The number of amides is 1. The number of β-amino-alcohol motifs (C(OH)–C–C–N with tert-alkyl or cyclic N) is 1. The molecule has 1 aliphatic rings. The molecular weight excluding hydrogens is 274 g/mol. The number of carboxylic acid groups (broad SMARTS) is 1. The molecule has 1 aromatic rings. The summed E-state index contributed by atoms with van der Waals surface area (Å²) in [5.74, 6) is -0.897. The van der Waals surface area contributed by atoms with Gasteiger partial charge in [0.25, 0.3) is 5.91 Å². The number of aliphatic hydroxyl groups excluding tert-OH is 1. The van der Waals surface area contributed by atoms with Crippen LogP contribution >= 0.6 is 0 Å². The van der Waals surface area contributed by atoms with Crippen molar-refractivity contribution in [2.45, 2.75) is 32.4 Å². The number of likely N-dealkylation sites (tertiary alicyclic amines) is 1. The third-order valence-corrected chi connectivity index (χ3v) is 3.63. The van der Waals surface area contributed by atoms with Gasteiger partial charge in [0, 0.05) is 13.0 Å². The van der Waals surface area contributed by atoms with E-state index >= 15 is 0 Å². The van der Waals surface area contributed by atoms with Crippen molar-refractivity contribution >= 4 is 11.9 Å². The highest BCUT2D eigenvalue weighted by atomic mass is 16.5. The number of aryl methyl sites for hydroxylation is 2. The Morgan fingerprint density at radius 2 is 1.95 bits per heavy atom. The lowest BCUT2D eigenvalue weighted by molar-refractivity contribution is -0.149. The molecule has 6 nitrogen and oxygen atoms in total. The van der Waals surface area contributed by atoms with E-state index in [0.717, 1.165) is 11.1 Å². The van der Waals surface area contributed by atoms with Gasteiger partial charge in [-0.15, -0.1) is 0 Å². The van der Waals surface area contributed by atoms with E-state index < -0.39 is 24.0 Å². The van der Waals surface area contributed by atoms with Crippen LogP contribution in [0.1, 0.15) is 17.5 Å². The van der Waals surface area contributed by atoms with Gasteiger partial charge in [-0.05, 0) is 25.0 Å². The van der Waals surface area contributed by atoms with E-state index in [2.05, 4.69) is 0 Å². The Bertz CT molecular complexity index is 537. The van der Waals surface area contributed by atoms with Crippen LogP contribution < -0.4 is 4.74 Å². The molecule has 1 aromatic carbocycles. The van der Waals surface area contributed by atoms with Crippen LogP contribution in [0.3, 0.4) is 0 Å². The molecule has 114 valence electrons. The Labute approximate surface area is 122 Å². The molecule has 0 aliphatic carbocycles. The van der Waals surface area contributed by atoms with Gasteiger partial charge in [0.15, 0.2) is 6.61 Å². The summed E-state index contributed by atoms with van der Waals surface area (Å²) >= 11 is 0. The van der Waals surface area contributed by atoms with E-state index in [1.165, 1.54) is 4.90 Å². The first-order chi connectivity index (χ1) is 9.90. The van der Waals surface area contributed by atoms with Crippen molar-refractivity contribution in [2.75, 3.05) is 13.2 Å². The van der Waals surface area contributed by atoms with Crippen molar-refractivity contribution in [3.8, 4) is 5.75 Å². The van der Waals surface area contributed by atoms with Gasteiger partial charge < -0.3 is 19.8 Å². The van der Waals surface area contributed by atoms with Crippen molar-refractivity contribution in [1.82, 2.24) is 4.90 Å². The second-order valence-corrected chi connectivity index (χ2v) is 5.30. The molecule has 0 unspecified atom stereocenters. The minimum Gasteiger partial charge on any atom is -0.483 e. The molecule has 21 heavy (non-hydrogen) atoms. The third-order valence-electron chi connectivity index (χ3n) is 3.63. The zero-order chi connectivity index (χ0) is 15.6. The fraction of sp³-hybridized carbons (Fsp3) is 0.467. The summed E-state index contributed by atoms with van der Waals surface area (Å²) in [6.45, 7) is 3.56. The van der Waals surface area contributed by atoms with Crippen molar-refractivity contribution < 1.29 is 24.5 Å². The second kappa shape index (κ2) is 6.13. The lowest BCUT2D eigenvalue weighted by atomic mass is 10.1. The fourth-order valence-electron chi connectivity index (χ4n) is 2.57. The molecule has 1 heterocycles. The van der Waals surface area contributed by atoms with Gasteiger partial charge in [-0.2, -0.15) is 0 Å². The summed E-state index contributed by atoms with van der Waals surface area (Å²) < 4.78 is 5.54. The van der Waals surface area contributed by atoms with E-state index in [0.29, 0.717) is 5.75 Å². The van der Waals surface area contributed by atoms with E-state index in [1.54, 1.807) is 0 Å². The highest BCUT2D eigenvalue weighted by Crippen LogP contribution is 2.23. The molecule has 1 aliphatic heterocycles. The Balaban J connectivity index is 2.03. The maximum absolute atomic E-state index is 12.1. The van der Waals surface area contributed by atoms with Crippen LogP contribution in [-0.2, 0) is 9.59 Å². The van der Waals surface area contributed by atoms with Crippen molar-refractivity contribution in [2.24, 2.45) is 0 Å². The van der Waals surface area contributed by atoms with Crippen LogP contribution in [0.15, 0.2) is 18.2 Å². The van der Waals surface area contributed by atoms with Crippen molar-refractivity contribution in [3.63, 3.8) is 0 Å². The van der Waals surface area contributed by atoms with Crippen LogP contribution in [0.2, 0.25) is 0 Å². The summed E-state index contributed by atoms with van der Waals surface area (Å²) in [5, 5.41) is 18.6. The number of rotatable bonds is 4. The van der Waals surface area contributed by atoms with Gasteiger partial charge in [0.05, 0.1) is 6.10 Å². The maximum atomic E-state index is 12.1. The summed E-state index contributed by atoms with van der Waals surface area (Å²) in [6, 6.07) is 4.68. The highest BCUT2D eigenvalue weighted by Gasteiger charge is 2.38. The predicted molar refractivity (Wildman–Crippen MR) is 75.2 cm³/mol. The standard InChI is InChI=1S/C15H19NO5/c1-9-4-3-5-10(2)14(9)21-8-13(18)16-7-11(17)6-12(16)15(19)20/h3-5,11-12,17H,6-8H2,1-2H3,(H,19,20)/t11-,12-/m1/s1. The van der Waals surface area contributed by atoms with Gasteiger partial charge >= 0.3 is 5.97 Å². The molecule has 0 spiro atoms. The smallest absolute Gasteiger partial charge is 0.326 e. The molecule has 1 saturated heterocycles. The monoisotopic (exact) mass is 293 g/mol. The number of hydrogen-bond acceptors (Lipinski definition) is 4. The Morgan fingerprint density at radius 1 is 1.33 bits per heavy atom. The van der Waals surface area contributed by atoms with Crippen molar-refractivity contribution in [1.29, 1.82) is 0 Å². The van der Waals surface area contributed by atoms with Crippen LogP contribution in [0.5, 0.6) is 5.75 Å². The number of aliphatic hydroxyl groups is 1. The number of benzene rings is 1. The number of hydrogen-bond donors (Lipinski definition) is 2. The number of carboxylic acids is 1. The SMILES string of the molecule is Cc1cccc(C)c1OCC(=O)N1C[C@H](O)C[C@@H]1C(=O)O. The average molecular weight is 293 g/mol. The lowest BCUT2D eigenvalue weighted by Crippen LogP contribution is -2.43. The predicted octanol–water partition coefficient (Wildman–Crippen LogP) is 0.729. The van der Waals surface area contributed by atoms with Gasteiger partial charge in [-0.3, -0.25) is 4.79 Å². The Hall–Kier alpha value is -2.08. The maximum Gasteiger partial charge on any atom is 0.326 e. The normalized spacial score (nSPS) is 21.4. The topological polar surface area (TPSA) is 87.1 Å². The molecule has 1 amide bonds. The molecule has 0 saturated carbocycles. The van der Waals surface area contributed by atoms with Crippen molar-refractivity contribution in [3.05, 3.63) is 29.3 Å². The Morgan fingerprint density at radius 3 is 2.52 bits per heavy atom. The van der Waals surface area contributed by atoms with Gasteiger partial charge in [-0.1, -0.05) is 18.2 Å². The quantitative estimate of drug-likeness (QED) is 0.854. The second-order valence-electron chi connectivity index (χ2n) is 5.30. The molecule has 0 aromatic heterocycles. The lowest BCUT2D eigenvalue weighted by Gasteiger charge is -2.21.